The first kappa shape index (κ1) is 16.8. The molecule has 0 aliphatic carbocycles. The minimum atomic E-state index is -4.03. The molecule has 0 saturated heterocycles. The molecule has 0 bridgehead atoms. The molecule has 17 heavy (non-hydrogen) atoms. The molecule has 0 spiro atoms. The molecule has 0 aromatic rings. The Labute approximate surface area is 103 Å². The molecule has 0 aliphatic rings. The molecule has 0 aromatic carbocycles. The largest absolute Gasteiger partial charge is 0.389 e. The first-order chi connectivity index (χ1) is 7.64. The number of halogens is 3. The zero-order valence-corrected chi connectivity index (χ0v) is 11.5. The molecular formula is C13H26F3N. The van der Waals surface area contributed by atoms with E-state index < -0.39 is 12.6 Å². The Morgan fingerprint density at radius 2 is 1.53 bits per heavy atom. The molecule has 1 atom stereocenters. The lowest BCUT2D eigenvalue weighted by atomic mass is 9.88. The van der Waals surface area contributed by atoms with Crippen molar-refractivity contribution in [1.82, 2.24) is 5.32 Å². The highest BCUT2D eigenvalue weighted by atomic mass is 19.4. The molecule has 0 radical (unpaired) electrons. The van der Waals surface area contributed by atoms with E-state index >= 15 is 0 Å². The van der Waals surface area contributed by atoms with E-state index in [-0.39, 0.29) is 17.9 Å². The van der Waals surface area contributed by atoms with Gasteiger partial charge in [-0.2, -0.15) is 13.2 Å². The van der Waals surface area contributed by atoms with Crippen LogP contribution in [0.1, 0.15) is 59.8 Å². The molecule has 0 fully saturated rings. The summed E-state index contributed by atoms with van der Waals surface area (Å²) in [7, 11) is 0. The van der Waals surface area contributed by atoms with E-state index in [2.05, 4.69) is 26.1 Å². The normalized spacial score (nSPS) is 15.0. The fourth-order valence-electron chi connectivity index (χ4n) is 1.64. The second-order valence-corrected chi connectivity index (χ2v) is 5.90. The van der Waals surface area contributed by atoms with Crippen LogP contribution in [0.5, 0.6) is 0 Å². The Hall–Kier alpha value is -0.250. The summed E-state index contributed by atoms with van der Waals surface area (Å²) in [6.07, 6.45) is -1.80. The monoisotopic (exact) mass is 253 g/mol. The predicted octanol–water partition coefficient (Wildman–Crippen LogP) is 4.52. The SMILES string of the molecule is CCCNC(CCC(C)(C)C)CCC(F)(F)F. The van der Waals surface area contributed by atoms with Crippen LogP contribution in [-0.4, -0.2) is 18.8 Å². The molecule has 0 saturated carbocycles. The maximum Gasteiger partial charge on any atom is 0.389 e. The van der Waals surface area contributed by atoms with Crippen molar-refractivity contribution in [3.8, 4) is 0 Å². The number of hydrogen-bond acceptors (Lipinski definition) is 1. The van der Waals surface area contributed by atoms with E-state index in [1.54, 1.807) is 0 Å². The summed E-state index contributed by atoms with van der Waals surface area (Å²) in [5.41, 5.74) is 0.185. The summed E-state index contributed by atoms with van der Waals surface area (Å²) in [6.45, 7) is 9.18. The lowest BCUT2D eigenvalue weighted by Gasteiger charge is -2.24. The second kappa shape index (κ2) is 7.24. The molecule has 1 unspecified atom stereocenters. The van der Waals surface area contributed by atoms with Crippen LogP contribution in [0.2, 0.25) is 0 Å². The van der Waals surface area contributed by atoms with Gasteiger partial charge in [0, 0.05) is 12.5 Å². The van der Waals surface area contributed by atoms with Gasteiger partial charge in [-0.05, 0) is 37.6 Å². The number of hydrogen-bond donors (Lipinski definition) is 1. The molecule has 104 valence electrons. The van der Waals surface area contributed by atoms with Crippen molar-refractivity contribution < 1.29 is 13.2 Å². The van der Waals surface area contributed by atoms with E-state index in [0.29, 0.717) is 0 Å². The second-order valence-electron chi connectivity index (χ2n) is 5.90. The highest BCUT2D eigenvalue weighted by Gasteiger charge is 2.28. The molecule has 1 nitrogen and oxygen atoms in total. The minimum Gasteiger partial charge on any atom is -0.314 e. The van der Waals surface area contributed by atoms with Gasteiger partial charge >= 0.3 is 6.18 Å². The summed E-state index contributed by atoms with van der Waals surface area (Å²) >= 11 is 0. The molecule has 1 N–H and O–H groups in total. The van der Waals surface area contributed by atoms with E-state index in [9.17, 15) is 13.2 Å². The fraction of sp³-hybridized carbons (Fsp3) is 1.00. The van der Waals surface area contributed by atoms with Crippen LogP contribution in [0.3, 0.4) is 0 Å². The molecular weight excluding hydrogens is 227 g/mol. The summed E-state index contributed by atoms with van der Waals surface area (Å²) in [6, 6.07) is -0.00389. The van der Waals surface area contributed by atoms with Crippen LogP contribution in [0.25, 0.3) is 0 Å². The third-order valence-electron chi connectivity index (χ3n) is 2.70. The Kier molecular flexibility index (Phi) is 7.14. The maximum atomic E-state index is 12.2. The average Bonchev–Trinajstić information content (AvgIpc) is 2.13. The third kappa shape index (κ3) is 12.0. The van der Waals surface area contributed by atoms with Gasteiger partial charge in [-0.3, -0.25) is 0 Å². The van der Waals surface area contributed by atoms with Gasteiger partial charge < -0.3 is 5.32 Å². The first-order valence-electron chi connectivity index (χ1n) is 6.44. The first-order valence-corrected chi connectivity index (χ1v) is 6.44. The molecule has 0 rings (SSSR count). The Bertz CT molecular complexity index is 176. The van der Waals surface area contributed by atoms with Crippen LogP contribution in [0.4, 0.5) is 13.2 Å². The van der Waals surface area contributed by atoms with Crippen LogP contribution >= 0.6 is 0 Å². The molecule has 0 amide bonds. The van der Waals surface area contributed by atoms with Crippen LogP contribution in [0.15, 0.2) is 0 Å². The predicted molar refractivity (Wildman–Crippen MR) is 66.1 cm³/mol. The van der Waals surface area contributed by atoms with Crippen molar-refractivity contribution in [3.05, 3.63) is 0 Å². The maximum absolute atomic E-state index is 12.2. The lowest BCUT2D eigenvalue weighted by molar-refractivity contribution is -0.136. The standard InChI is InChI=1S/C13H26F3N/c1-5-10-17-11(6-8-12(2,3)4)7-9-13(14,15)16/h11,17H,5-10H2,1-4H3. The van der Waals surface area contributed by atoms with E-state index in [1.807, 2.05) is 6.92 Å². The van der Waals surface area contributed by atoms with E-state index in [1.165, 1.54) is 0 Å². The quantitative estimate of drug-likeness (QED) is 0.703. The molecule has 0 heterocycles. The summed E-state index contributed by atoms with van der Waals surface area (Å²) in [5.74, 6) is 0. The highest BCUT2D eigenvalue weighted by Crippen LogP contribution is 2.26. The van der Waals surface area contributed by atoms with Gasteiger partial charge in [0.15, 0.2) is 0 Å². The molecule has 4 heteroatoms. The Morgan fingerprint density at radius 1 is 1.00 bits per heavy atom. The van der Waals surface area contributed by atoms with Crippen molar-refractivity contribution >= 4 is 0 Å². The van der Waals surface area contributed by atoms with Gasteiger partial charge in [0.05, 0.1) is 0 Å². The van der Waals surface area contributed by atoms with Crippen molar-refractivity contribution in [2.45, 2.75) is 72.0 Å². The van der Waals surface area contributed by atoms with Gasteiger partial charge in [0.2, 0.25) is 0 Å². The Balaban J connectivity index is 4.05. The number of nitrogens with one attached hydrogen (secondary N) is 1. The van der Waals surface area contributed by atoms with Crippen molar-refractivity contribution in [3.63, 3.8) is 0 Å². The van der Waals surface area contributed by atoms with Crippen LogP contribution < -0.4 is 5.32 Å². The van der Waals surface area contributed by atoms with Crippen LogP contribution in [-0.2, 0) is 0 Å². The molecule has 0 aromatic heterocycles. The fourth-order valence-corrected chi connectivity index (χ4v) is 1.64. The zero-order valence-electron chi connectivity index (χ0n) is 11.5. The summed E-state index contributed by atoms with van der Waals surface area (Å²) in [4.78, 5) is 0. The highest BCUT2D eigenvalue weighted by molar-refractivity contribution is 4.72. The Morgan fingerprint density at radius 3 is 1.94 bits per heavy atom. The van der Waals surface area contributed by atoms with Gasteiger partial charge in [0.1, 0.15) is 0 Å². The average molecular weight is 253 g/mol. The number of alkyl halides is 3. The number of rotatable bonds is 7. The van der Waals surface area contributed by atoms with E-state index in [0.717, 1.165) is 25.8 Å². The zero-order chi connectivity index (χ0) is 13.5. The lowest BCUT2D eigenvalue weighted by Crippen LogP contribution is -2.32. The summed E-state index contributed by atoms with van der Waals surface area (Å²) < 4.78 is 36.6. The van der Waals surface area contributed by atoms with Gasteiger partial charge in [0.25, 0.3) is 0 Å². The molecule has 0 aliphatic heterocycles. The minimum absolute atomic E-state index is 0.00389. The van der Waals surface area contributed by atoms with Crippen molar-refractivity contribution in [1.29, 1.82) is 0 Å². The van der Waals surface area contributed by atoms with Gasteiger partial charge in [-0.25, -0.2) is 0 Å². The summed E-state index contributed by atoms with van der Waals surface area (Å²) in [5, 5.41) is 3.21. The van der Waals surface area contributed by atoms with Crippen molar-refractivity contribution in [2.75, 3.05) is 6.54 Å². The smallest absolute Gasteiger partial charge is 0.314 e. The van der Waals surface area contributed by atoms with Crippen molar-refractivity contribution in [2.24, 2.45) is 5.41 Å². The third-order valence-corrected chi connectivity index (χ3v) is 2.70. The van der Waals surface area contributed by atoms with E-state index in [4.69, 9.17) is 0 Å². The topological polar surface area (TPSA) is 12.0 Å². The van der Waals surface area contributed by atoms with Gasteiger partial charge in [-0.15, -0.1) is 0 Å². The van der Waals surface area contributed by atoms with Crippen LogP contribution in [0, 0.1) is 5.41 Å². The van der Waals surface area contributed by atoms with Gasteiger partial charge in [-0.1, -0.05) is 27.7 Å².